The van der Waals surface area contributed by atoms with Crippen LogP contribution in [0.5, 0.6) is 0 Å². The van der Waals surface area contributed by atoms with Crippen molar-refractivity contribution < 1.29 is 0 Å². The number of nitrogen functional groups attached to an aromatic ring is 1. The fourth-order valence-corrected chi connectivity index (χ4v) is 0.793. The molecule has 0 aliphatic carbocycles. The fourth-order valence-electron chi connectivity index (χ4n) is 0.793. The van der Waals surface area contributed by atoms with E-state index in [4.69, 9.17) is 5.73 Å². The first kappa shape index (κ1) is 7.53. The molecular formula is C7H9N3O. The Bertz CT molecular complexity index is 272. The average molecular weight is 151 g/mol. The van der Waals surface area contributed by atoms with Crippen LogP contribution in [0.4, 0.5) is 17.1 Å². The molecule has 1 aromatic carbocycles. The van der Waals surface area contributed by atoms with Gasteiger partial charge in [-0.25, -0.2) is 0 Å². The lowest BCUT2D eigenvalue weighted by atomic mass is 10.2. The molecule has 1 rings (SSSR count). The van der Waals surface area contributed by atoms with Gasteiger partial charge in [0.05, 0.1) is 5.69 Å². The van der Waals surface area contributed by atoms with Gasteiger partial charge in [0.15, 0.2) is 0 Å². The number of nitrogens with zero attached hydrogens (tertiary/aromatic N) is 1. The Morgan fingerprint density at radius 2 is 2.27 bits per heavy atom. The summed E-state index contributed by atoms with van der Waals surface area (Å²) in [6.07, 6.45) is 0. The number of rotatable bonds is 2. The topological polar surface area (TPSA) is 67.5 Å². The first-order chi connectivity index (χ1) is 5.27. The van der Waals surface area contributed by atoms with Crippen LogP contribution in [0, 0.1) is 4.91 Å². The van der Waals surface area contributed by atoms with Crippen molar-refractivity contribution in [3.8, 4) is 0 Å². The SMILES string of the molecule is CNc1ccc(N=O)c(N)c1. The molecule has 0 unspecified atom stereocenters. The highest BCUT2D eigenvalue weighted by Gasteiger charge is 1.98. The van der Waals surface area contributed by atoms with Gasteiger partial charge in [-0.2, -0.15) is 0 Å². The van der Waals surface area contributed by atoms with Gasteiger partial charge in [-0.05, 0) is 23.4 Å². The zero-order chi connectivity index (χ0) is 8.27. The van der Waals surface area contributed by atoms with Gasteiger partial charge >= 0.3 is 0 Å². The van der Waals surface area contributed by atoms with Gasteiger partial charge in [0.2, 0.25) is 0 Å². The van der Waals surface area contributed by atoms with Crippen LogP contribution >= 0.6 is 0 Å². The van der Waals surface area contributed by atoms with Crippen LogP contribution in [-0.4, -0.2) is 7.05 Å². The van der Waals surface area contributed by atoms with E-state index in [1.54, 1.807) is 25.2 Å². The molecule has 1 aromatic rings. The van der Waals surface area contributed by atoms with Crippen molar-refractivity contribution in [2.45, 2.75) is 0 Å². The van der Waals surface area contributed by atoms with E-state index in [0.29, 0.717) is 5.69 Å². The normalized spacial score (nSPS) is 9.18. The van der Waals surface area contributed by atoms with Crippen molar-refractivity contribution in [3.63, 3.8) is 0 Å². The Hall–Kier alpha value is -1.58. The molecule has 0 spiro atoms. The summed E-state index contributed by atoms with van der Waals surface area (Å²) in [6, 6.07) is 4.98. The van der Waals surface area contributed by atoms with Gasteiger partial charge in [0.1, 0.15) is 5.69 Å². The van der Waals surface area contributed by atoms with Gasteiger partial charge in [0.25, 0.3) is 0 Å². The largest absolute Gasteiger partial charge is 0.397 e. The highest BCUT2D eigenvalue weighted by molar-refractivity contribution is 5.68. The highest BCUT2D eigenvalue weighted by atomic mass is 16.3. The second-order valence-electron chi connectivity index (χ2n) is 2.11. The minimum Gasteiger partial charge on any atom is -0.397 e. The summed E-state index contributed by atoms with van der Waals surface area (Å²) in [6.45, 7) is 0. The Morgan fingerprint density at radius 3 is 2.73 bits per heavy atom. The van der Waals surface area contributed by atoms with Crippen LogP contribution in [-0.2, 0) is 0 Å². The van der Waals surface area contributed by atoms with E-state index in [2.05, 4.69) is 10.5 Å². The summed E-state index contributed by atoms with van der Waals surface area (Å²) in [4.78, 5) is 10.1. The molecule has 0 fully saturated rings. The summed E-state index contributed by atoms with van der Waals surface area (Å²) in [5.74, 6) is 0. The van der Waals surface area contributed by atoms with Crippen LogP contribution in [0.2, 0.25) is 0 Å². The van der Waals surface area contributed by atoms with Crippen molar-refractivity contribution in [2.75, 3.05) is 18.1 Å². The summed E-state index contributed by atoms with van der Waals surface area (Å²) in [5.41, 5.74) is 7.02. The van der Waals surface area contributed by atoms with E-state index in [1.165, 1.54) is 0 Å². The lowest BCUT2D eigenvalue weighted by molar-refractivity contribution is 1.46. The molecule has 58 valence electrons. The predicted molar refractivity (Wildman–Crippen MR) is 45.9 cm³/mol. The standard InChI is InChI=1S/C7H9N3O/c1-9-5-2-3-7(10-11)6(8)4-5/h2-4,9H,8H2,1H3. The minimum absolute atomic E-state index is 0.281. The van der Waals surface area contributed by atoms with Crippen molar-refractivity contribution in [2.24, 2.45) is 5.18 Å². The molecule has 0 amide bonds. The monoisotopic (exact) mass is 151 g/mol. The number of hydrogen-bond donors (Lipinski definition) is 2. The zero-order valence-electron chi connectivity index (χ0n) is 6.16. The molecule has 11 heavy (non-hydrogen) atoms. The first-order valence-electron chi connectivity index (χ1n) is 3.18. The smallest absolute Gasteiger partial charge is 0.131 e. The lowest BCUT2D eigenvalue weighted by Gasteiger charge is -2.01. The van der Waals surface area contributed by atoms with Gasteiger partial charge < -0.3 is 11.1 Å². The quantitative estimate of drug-likeness (QED) is 0.499. The van der Waals surface area contributed by atoms with Gasteiger partial charge in [-0.15, -0.1) is 4.91 Å². The number of nitrogens with two attached hydrogens (primary N) is 1. The maximum atomic E-state index is 10.1. The van der Waals surface area contributed by atoms with Crippen LogP contribution in [0.3, 0.4) is 0 Å². The molecular weight excluding hydrogens is 142 g/mol. The highest BCUT2D eigenvalue weighted by Crippen LogP contribution is 2.24. The van der Waals surface area contributed by atoms with Crippen LogP contribution in [0.25, 0.3) is 0 Å². The summed E-state index contributed by atoms with van der Waals surface area (Å²) < 4.78 is 0. The number of nitroso groups, excluding NO2 is 1. The number of benzene rings is 1. The molecule has 0 saturated heterocycles. The summed E-state index contributed by atoms with van der Waals surface area (Å²) >= 11 is 0. The number of anilines is 2. The number of nitrogens with one attached hydrogen (secondary N) is 1. The zero-order valence-corrected chi connectivity index (χ0v) is 6.16. The molecule has 0 heterocycles. The van der Waals surface area contributed by atoms with E-state index in [-0.39, 0.29) is 5.69 Å². The second-order valence-corrected chi connectivity index (χ2v) is 2.11. The molecule has 0 bridgehead atoms. The van der Waals surface area contributed by atoms with Crippen LogP contribution in [0.1, 0.15) is 0 Å². The third kappa shape index (κ3) is 1.46. The maximum absolute atomic E-state index is 10.1. The maximum Gasteiger partial charge on any atom is 0.131 e. The van der Waals surface area contributed by atoms with E-state index < -0.39 is 0 Å². The Morgan fingerprint density at radius 1 is 1.55 bits per heavy atom. The molecule has 0 aromatic heterocycles. The molecule has 0 aliphatic rings. The Balaban J connectivity index is 3.09. The Labute approximate surface area is 64.4 Å². The Kier molecular flexibility index (Phi) is 2.06. The molecule has 0 aliphatic heterocycles. The summed E-state index contributed by atoms with van der Waals surface area (Å²) in [5, 5.41) is 5.64. The van der Waals surface area contributed by atoms with E-state index >= 15 is 0 Å². The van der Waals surface area contributed by atoms with Crippen LogP contribution in [0.15, 0.2) is 23.4 Å². The van der Waals surface area contributed by atoms with Crippen molar-refractivity contribution in [3.05, 3.63) is 23.1 Å². The van der Waals surface area contributed by atoms with Crippen LogP contribution < -0.4 is 11.1 Å². The van der Waals surface area contributed by atoms with Gasteiger partial charge in [-0.1, -0.05) is 0 Å². The molecule has 0 radical (unpaired) electrons. The fraction of sp³-hybridized carbons (Fsp3) is 0.143. The number of hydrogen-bond acceptors (Lipinski definition) is 4. The van der Waals surface area contributed by atoms with Crippen molar-refractivity contribution in [1.82, 2.24) is 0 Å². The second kappa shape index (κ2) is 3.01. The molecule has 0 saturated carbocycles. The third-order valence-corrected chi connectivity index (χ3v) is 1.41. The first-order valence-corrected chi connectivity index (χ1v) is 3.18. The third-order valence-electron chi connectivity index (χ3n) is 1.41. The summed E-state index contributed by atoms with van der Waals surface area (Å²) in [7, 11) is 1.78. The van der Waals surface area contributed by atoms with E-state index in [0.717, 1.165) is 5.69 Å². The van der Waals surface area contributed by atoms with E-state index in [1.807, 2.05) is 0 Å². The van der Waals surface area contributed by atoms with Gasteiger partial charge in [-0.3, -0.25) is 0 Å². The molecule has 4 heteroatoms. The van der Waals surface area contributed by atoms with Crippen molar-refractivity contribution in [1.29, 1.82) is 0 Å². The average Bonchev–Trinajstić information content (AvgIpc) is 2.04. The van der Waals surface area contributed by atoms with Crippen molar-refractivity contribution >= 4 is 17.1 Å². The molecule has 4 nitrogen and oxygen atoms in total. The predicted octanol–water partition coefficient (Wildman–Crippen LogP) is 1.71. The molecule has 3 N–H and O–H groups in total. The van der Waals surface area contributed by atoms with E-state index in [9.17, 15) is 4.91 Å². The van der Waals surface area contributed by atoms with Gasteiger partial charge in [0, 0.05) is 12.7 Å². The minimum atomic E-state index is 0.281. The lowest BCUT2D eigenvalue weighted by Crippen LogP contribution is -1.90. The molecule has 0 atom stereocenters.